The van der Waals surface area contributed by atoms with Gasteiger partial charge in [0.25, 0.3) is 5.91 Å². The third-order valence-electron chi connectivity index (χ3n) is 4.79. The van der Waals surface area contributed by atoms with Gasteiger partial charge in [0, 0.05) is 25.2 Å². The molecule has 1 heterocycles. The Kier molecular flexibility index (Phi) is 5.88. The number of nitriles is 1. The standard InChI is InChI=1S/C21H20F3N3O/c22-21(23,24)18-8-9-19(17(12-18)13-25)26-14-15-4-6-16(7-5-15)20(28)27-10-2-1-3-11-27/h4-9,12,26H,1-3,10-11,14H2. The van der Waals surface area contributed by atoms with E-state index in [4.69, 9.17) is 5.26 Å². The number of rotatable bonds is 4. The number of hydrogen-bond acceptors (Lipinski definition) is 3. The fraction of sp³-hybridized carbons (Fsp3) is 0.333. The number of carbonyl (C=O) groups is 1. The van der Waals surface area contributed by atoms with Crippen molar-refractivity contribution < 1.29 is 18.0 Å². The van der Waals surface area contributed by atoms with Gasteiger partial charge >= 0.3 is 6.18 Å². The molecule has 0 spiro atoms. The summed E-state index contributed by atoms with van der Waals surface area (Å²) in [7, 11) is 0. The Hall–Kier alpha value is -3.01. The van der Waals surface area contributed by atoms with Crippen LogP contribution in [0.1, 0.15) is 46.3 Å². The highest BCUT2D eigenvalue weighted by Crippen LogP contribution is 2.31. The highest BCUT2D eigenvalue weighted by Gasteiger charge is 2.31. The van der Waals surface area contributed by atoms with E-state index in [9.17, 15) is 18.0 Å². The van der Waals surface area contributed by atoms with Gasteiger partial charge in [-0.2, -0.15) is 18.4 Å². The van der Waals surface area contributed by atoms with E-state index in [1.165, 1.54) is 6.07 Å². The first-order valence-electron chi connectivity index (χ1n) is 9.12. The summed E-state index contributed by atoms with van der Waals surface area (Å²) in [4.78, 5) is 14.3. The summed E-state index contributed by atoms with van der Waals surface area (Å²) in [6.07, 6.45) is -1.27. The van der Waals surface area contributed by atoms with Gasteiger partial charge in [0.15, 0.2) is 0 Å². The molecule has 0 aliphatic carbocycles. The lowest BCUT2D eigenvalue weighted by Gasteiger charge is -2.26. The van der Waals surface area contributed by atoms with Gasteiger partial charge in [-0.3, -0.25) is 4.79 Å². The van der Waals surface area contributed by atoms with Crippen LogP contribution >= 0.6 is 0 Å². The predicted molar refractivity (Wildman–Crippen MR) is 99.7 cm³/mol. The monoisotopic (exact) mass is 387 g/mol. The third-order valence-corrected chi connectivity index (χ3v) is 4.79. The number of nitrogens with zero attached hydrogens (tertiary/aromatic N) is 2. The molecule has 1 aliphatic heterocycles. The number of piperidine rings is 1. The molecule has 0 radical (unpaired) electrons. The molecule has 3 rings (SSSR count). The Bertz CT molecular complexity index is 879. The second-order valence-corrected chi connectivity index (χ2v) is 6.77. The Morgan fingerprint density at radius 3 is 2.36 bits per heavy atom. The van der Waals surface area contributed by atoms with Gasteiger partial charge in [-0.05, 0) is 55.2 Å². The Balaban J connectivity index is 1.65. The van der Waals surface area contributed by atoms with E-state index in [0.29, 0.717) is 17.8 Å². The molecule has 2 aromatic carbocycles. The molecule has 0 aromatic heterocycles. The average Bonchev–Trinajstić information content (AvgIpc) is 2.72. The fourth-order valence-electron chi connectivity index (χ4n) is 3.21. The SMILES string of the molecule is N#Cc1cc(C(F)(F)F)ccc1NCc1ccc(C(=O)N2CCCCC2)cc1. The summed E-state index contributed by atoms with van der Waals surface area (Å²) >= 11 is 0. The largest absolute Gasteiger partial charge is 0.416 e. The molecule has 146 valence electrons. The molecular weight excluding hydrogens is 367 g/mol. The first-order valence-corrected chi connectivity index (χ1v) is 9.12. The number of amides is 1. The molecule has 1 aliphatic rings. The number of carbonyl (C=O) groups excluding carboxylic acids is 1. The van der Waals surface area contributed by atoms with Crippen molar-refractivity contribution in [2.75, 3.05) is 18.4 Å². The zero-order valence-electron chi connectivity index (χ0n) is 15.2. The number of alkyl halides is 3. The van der Waals surface area contributed by atoms with Crippen LogP contribution in [0, 0.1) is 11.3 Å². The summed E-state index contributed by atoms with van der Waals surface area (Å²) in [6.45, 7) is 1.90. The minimum absolute atomic E-state index is 0.0220. The molecule has 1 saturated heterocycles. The molecule has 0 unspecified atom stereocenters. The number of likely N-dealkylation sites (tertiary alicyclic amines) is 1. The normalized spacial score (nSPS) is 14.4. The van der Waals surface area contributed by atoms with Crippen LogP contribution in [-0.4, -0.2) is 23.9 Å². The van der Waals surface area contributed by atoms with E-state index < -0.39 is 11.7 Å². The van der Waals surface area contributed by atoms with E-state index in [-0.39, 0.29) is 11.5 Å². The van der Waals surface area contributed by atoms with E-state index >= 15 is 0 Å². The highest BCUT2D eigenvalue weighted by molar-refractivity contribution is 5.94. The second-order valence-electron chi connectivity index (χ2n) is 6.77. The molecule has 0 atom stereocenters. The minimum atomic E-state index is -4.49. The zero-order valence-corrected chi connectivity index (χ0v) is 15.2. The number of halogens is 3. The summed E-state index contributed by atoms with van der Waals surface area (Å²) in [5.74, 6) is 0.0220. The lowest BCUT2D eigenvalue weighted by atomic mass is 10.1. The van der Waals surface area contributed by atoms with E-state index in [2.05, 4.69) is 5.32 Å². The maximum atomic E-state index is 12.8. The number of benzene rings is 2. The molecule has 0 bridgehead atoms. The van der Waals surface area contributed by atoms with Crippen LogP contribution in [0.15, 0.2) is 42.5 Å². The lowest BCUT2D eigenvalue weighted by Crippen LogP contribution is -2.35. The lowest BCUT2D eigenvalue weighted by molar-refractivity contribution is -0.137. The van der Waals surface area contributed by atoms with Gasteiger partial charge in [-0.15, -0.1) is 0 Å². The Labute approximate surface area is 161 Å². The van der Waals surface area contributed by atoms with Crippen LogP contribution in [0.25, 0.3) is 0 Å². The molecule has 28 heavy (non-hydrogen) atoms. The van der Waals surface area contributed by atoms with E-state index in [0.717, 1.165) is 50.0 Å². The van der Waals surface area contributed by atoms with Crippen molar-refractivity contribution in [2.24, 2.45) is 0 Å². The van der Waals surface area contributed by atoms with Gasteiger partial charge in [-0.1, -0.05) is 12.1 Å². The van der Waals surface area contributed by atoms with Gasteiger partial charge in [0.1, 0.15) is 6.07 Å². The van der Waals surface area contributed by atoms with Crippen molar-refractivity contribution in [2.45, 2.75) is 32.0 Å². The van der Waals surface area contributed by atoms with Gasteiger partial charge < -0.3 is 10.2 Å². The topological polar surface area (TPSA) is 56.1 Å². The van der Waals surface area contributed by atoms with Crippen molar-refractivity contribution in [1.29, 1.82) is 5.26 Å². The smallest absolute Gasteiger partial charge is 0.380 e. The number of nitrogens with one attached hydrogen (secondary N) is 1. The Morgan fingerprint density at radius 2 is 1.75 bits per heavy atom. The first kappa shape index (κ1) is 19.7. The summed E-state index contributed by atoms with van der Waals surface area (Å²) < 4.78 is 38.3. The van der Waals surface area contributed by atoms with Crippen LogP contribution in [0.4, 0.5) is 18.9 Å². The van der Waals surface area contributed by atoms with Crippen molar-refractivity contribution in [3.63, 3.8) is 0 Å². The maximum Gasteiger partial charge on any atom is 0.416 e. The molecule has 4 nitrogen and oxygen atoms in total. The molecule has 1 fully saturated rings. The number of anilines is 1. The van der Waals surface area contributed by atoms with Gasteiger partial charge in [0.05, 0.1) is 16.8 Å². The van der Waals surface area contributed by atoms with Gasteiger partial charge in [0.2, 0.25) is 0 Å². The molecule has 1 N–H and O–H groups in total. The summed E-state index contributed by atoms with van der Waals surface area (Å²) in [6, 6.07) is 12.0. The van der Waals surface area contributed by atoms with E-state index in [1.807, 2.05) is 4.90 Å². The third kappa shape index (κ3) is 4.63. The van der Waals surface area contributed by atoms with Crippen LogP contribution in [0.3, 0.4) is 0 Å². The van der Waals surface area contributed by atoms with Crippen LogP contribution in [-0.2, 0) is 12.7 Å². The quantitative estimate of drug-likeness (QED) is 0.819. The predicted octanol–water partition coefficient (Wildman–Crippen LogP) is 4.82. The van der Waals surface area contributed by atoms with Crippen molar-refractivity contribution in [1.82, 2.24) is 4.90 Å². The van der Waals surface area contributed by atoms with Crippen molar-refractivity contribution in [3.05, 3.63) is 64.7 Å². The first-order chi connectivity index (χ1) is 13.4. The summed E-state index contributed by atoms with van der Waals surface area (Å²) in [5.41, 5.74) is 0.905. The van der Waals surface area contributed by atoms with E-state index in [1.54, 1.807) is 30.3 Å². The zero-order chi connectivity index (χ0) is 20.1. The minimum Gasteiger partial charge on any atom is -0.380 e. The molecular formula is C21H20F3N3O. The second kappa shape index (κ2) is 8.34. The van der Waals surface area contributed by atoms with Crippen LogP contribution in [0.5, 0.6) is 0 Å². The molecule has 0 saturated carbocycles. The maximum absolute atomic E-state index is 12.8. The molecule has 7 heteroatoms. The highest BCUT2D eigenvalue weighted by atomic mass is 19.4. The van der Waals surface area contributed by atoms with Crippen LogP contribution < -0.4 is 5.32 Å². The van der Waals surface area contributed by atoms with Crippen molar-refractivity contribution >= 4 is 11.6 Å². The summed E-state index contributed by atoms with van der Waals surface area (Å²) in [5, 5.41) is 12.1. The average molecular weight is 387 g/mol. The Morgan fingerprint density at radius 1 is 1.07 bits per heavy atom. The number of hydrogen-bond donors (Lipinski definition) is 1. The molecule has 2 aromatic rings. The fourth-order valence-corrected chi connectivity index (χ4v) is 3.21. The van der Waals surface area contributed by atoms with Crippen molar-refractivity contribution in [3.8, 4) is 6.07 Å². The van der Waals surface area contributed by atoms with Gasteiger partial charge in [-0.25, -0.2) is 0 Å². The van der Waals surface area contributed by atoms with Crippen LogP contribution in [0.2, 0.25) is 0 Å². The molecule has 1 amide bonds.